The van der Waals surface area contributed by atoms with Crippen LogP contribution in [0.1, 0.15) is 17.9 Å². The number of nitrogens with zero attached hydrogens (tertiary/aromatic N) is 2. The van der Waals surface area contributed by atoms with Crippen molar-refractivity contribution in [3.05, 3.63) is 11.5 Å². The van der Waals surface area contributed by atoms with Crippen LogP contribution in [0.2, 0.25) is 0 Å². The third-order valence-corrected chi connectivity index (χ3v) is 7.28. The summed E-state index contributed by atoms with van der Waals surface area (Å²) in [4.78, 5) is 0.231. The van der Waals surface area contributed by atoms with E-state index in [1.165, 1.54) is 0 Å². The zero-order valence-corrected chi connectivity index (χ0v) is 13.2. The first-order valence-corrected chi connectivity index (χ1v) is 9.15. The van der Waals surface area contributed by atoms with Crippen molar-refractivity contribution in [2.45, 2.75) is 36.5 Å². The predicted octanol–water partition coefficient (Wildman–Crippen LogP) is 1.19. The van der Waals surface area contributed by atoms with Crippen LogP contribution in [-0.2, 0) is 14.8 Å². The largest absolute Gasteiger partial charge is 0.380 e. The number of thioether (sulfide) groups is 1. The second-order valence-corrected chi connectivity index (χ2v) is 8.28. The van der Waals surface area contributed by atoms with Gasteiger partial charge in [-0.3, -0.25) is 0 Å². The number of aryl methyl sites for hydroxylation is 2. The second-order valence-electron chi connectivity index (χ2n) is 5.11. The van der Waals surface area contributed by atoms with Crippen LogP contribution in [0.3, 0.4) is 0 Å². The van der Waals surface area contributed by atoms with E-state index in [0.717, 1.165) is 12.2 Å². The molecule has 0 bridgehead atoms. The minimum Gasteiger partial charge on any atom is -0.380 e. The Morgan fingerprint density at radius 2 is 2.20 bits per heavy atom. The summed E-state index contributed by atoms with van der Waals surface area (Å²) in [6.45, 7) is 5.10. The van der Waals surface area contributed by atoms with E-state index >= 15 is 0 Å². The molecule has 8 heteroatoms. The molecule has 2 aliphatic heterocycles. The number of hydrogen-bond donors (Lipinski definition) is 0. The van der Waals surface area contributed by atoms with Crippen molar-refractivity contribution in [1.29, 1.82) is 0 Å². The highest BCUT2D eigenvalue weighted by Gasteiger charge is 2.42. The van der Waals surface area contributed by atoms with Gasteiger partial charge in [0.15, 0.2) is 5.76 Å². The average molecular weight is 318 g/mol. The van der Waals surface area contributed by atoms with E-state index in [4.69, 9.17) is 9.26 Å². The summed E-state index contributed by atoms with van der Waals surface area (Å²) in [7, 11) is -3.54. The Morgan fingerprint density at radius 1 is 1.40 bits per heavy atom. The van der Waals surface area contributed by atoms with Crippen molar-refractivity contribution in [1.82, 2.24) is 9.46 Å². The highest BCUT2D eigenvalue weighted by atomic mass is 32.2. The van der Waals surface area contributed by atoms with E-state index < -0.39 is 10.0 Å². The lowest BCUT2D eigenvalue weighted by atomic mass is 10.1. The Hall–Kier alpha value is -0.570. The van der Waals surface area contributed by atoms with Crippen molar-refractivity contribution in [3.63, 3.8) is 0 Å². The minimum absolute atomic E-state index is 0.0150. The Balaban J connectivity index is 1.98. The molecule has 2 fully saturated rings. The van der Waals surface area contributed by atoms with Gasteiger partial charge in [-0.2, -0.15) is 16.1 Å². The van der Waals surface area contributed by atoms with Crippen LogP contribution in [0.15, 0.2) is 9.42 Å². The van der Waals surface area contributed by atoms with Gasteiger partial charge in [-0.25, -0.2) is 8.42 Å². The first kappa shape index (κ1) is 14.4. The van der Waals surface area contributed by atoms with E-state index in [9.17, 15) is 8.42 Å². The molecule has 0 amide bonds. The van der Waals surface area contributed by atoms with Gasteiger partial charge in [0.1, 0.15) is 10.6 Å². The Morgan fingerprint density at radius 3 is 2.90 bits per heavy atom. The van der Waals surface area contributed by atoms with Gasteiger partial charge in [-0.15, -0.1) is 0 Å². The van der Waals surface area contributed by atoms with Gasteiger partial charge < -0.3 is 9.26 Å². The molecule has 20 heavy (non-hydrogen) atoms. The molecular weight excluding hydrogens is 300 g/mol. The van der Waals surface area contributed by atoms with Gasteiger partial charge in [0.25, 0.3) is 0 Å². The molecule has 1 aromatic heterocycles. The Kier molecular flexibility index (Phi) is 3.83. The fourth-order valence-electron chi connectivity index (χ4n) is 2.91. The second kappa shape index (κ2) is 5.32. The van der Waals surface area contributed by atoms with Crippen LogP contribution < -0.4 is 0 Å². The van der Waals surface area contributed by atoms with E-state index in [2.05, 4.69) is 5.16 Å². The maximum absolute atomic E-state index is 12.9. The molecule has 0 unspecified atom stereocenters. The summed E-state index contributed by atoms with van der Waals surface area (Å²) in [5.41, 5.74) is 0.435. The zero-order chi connectivity index (χ0) is 14.3. The van der Waals surface area contributed by atoms with Gasteiger partial charge in [0.05, 0.1) is 6.61 Å². The third kappa shape index (κ3) is 2.28. The summed E-state index contributed by atoms with van der Waals surface area (Å²) in [5.74, 6) is 1.16. The van der Waals surface area contributed by atoms with Crippen LogP contribution in [0.5, 0.6) is 0 Å². The van der Waals surface area contributed by atoms with Gasteiger partial charge in [0.2, 0.25) is 10.0 Å². The molecule has 0 saturated carbocycles. The van der Waals surface area contributed by atoms with Crippen molar-refractivity contribution < 1.29 is 17.7 Å². The lowest BCUT2D eigenvalue weighted by Crippen LogP contribution is -2.54. The standard InChI is InChI=1S/C12H18N2O4S2/c1-8-12(9(2)18-13-8)20(15,16)14-4-6-19-11-7-17-5-3-10(11)14/h10-11H,3-7H2,1-2H3/t10-,11-/m0/s1. The van der Waals surface area contributed by atoms with Crippen molar-refractivity contribution in [2.24, 2.45) is 0 Å². The lowest BCUT2D eigenvalue weighted by molar-refractivity contribution is 0.0625. The molecule has 6 nitrogen and oxygen atoms in total. The molecule has 1 aromatic rings. The molecule has 0 spiro atoms. The van der Waals surface area contributed by atoms with Crippen LogP contribution in [0.4, 0.5) is 0 Å². The van der Waals surface area contributed by atoms with Crippen LogP contribution in [-0.4, -0.2) is 54.7 Å². The summed E-state index contributed by atoms with van der Waals surface area (Å²) in [6.07, 6.45) is 0.750. The molecule has 2 atom stereocenters. The fraction of sp³-hybridized carbons (Fsp3) is 0.750. The van der Waals surface area contributed by atoms with Gasteiger partial charge in [-0.1, -0.05) is 5.16 Å². The molecular formula is C12H18N2O4S2. The highest BCUT2D eigenvalue weighted by Crippen LogP contribution is 2.35. The smallest absolute Gasteiger partial charge is 0.248 e. The van der Waals surface area contributed by atoms with Crippen LogP contribution >= 0.6 is 11.8 Å². The summed E-state index contributed by atoms with van der Waals surface area (Å²) >= 11 is 1.80. The molecule has 112 valence electrons. The molecule has 2 aliphatic rings. The molecule has 2 saturated heterocycles. The number of aromatic nitrogens is 1. The summed E-state index contributed by atoms with van der Waals surface area (Å²) in [6, 6.07) is 0.0150. The maximum Gasteiger partial charge on any atom is 0.248 e. The van der Waals surface area contributed by atoms with Crippen LogP contribution in [0, 0.1) is 13.8 Å². The van der Waals surface area contributed by atoms with E-state index in [-0.39, 0.29) is 16.2 Å². The van der Waals surface area contributed by atoms with Crippen LogP contribution in [0.25, 0.3) is 0 Å². The molecule has 0 aromatic carbocycles. The highest BCUT2D eigenvalue weighted by molar-refractivity contribution is 8.00. The topological polar surface area (TPSA) is 72.6 Å². The molecule has 3 rings (SSSR count). The number of sulfonamides is 1. The van der Waals surface area contributed by atoms with Gasteiger partial charge in [0, 0.05) is 30.2 Å². The first-order valence-electron chi connectivity index (χ1n) is 6.66. The average Bonchev–Trinajstić information content (AvgIpc) is 2.78. The van der Waals surface area contributed by atoms with Gasteiger partial charge in [-0.05, 0) is 20.3 Å². The summed E-state index contributed by atoms with van der Waals surface area (Å²) in [5, 5.41) is 4.00. The number of hydrogen-bond acceptors (Lipinski definition) is 6. The van der Waals surface area contributed by atoms with E-state index in [0.29, 0.717) is 31.2 Å². The van der Waals surface area contributed by atoms with Gasteiger partial charge >= 0.3 is 0 Å². The maximum atomic E-state index is 12.9. The zero-order valence-electron chi connectivity index (χ0n) is 11.5. The van der Waals surface area contributed by atoms with Crippen molar-refractivity contribution >= 4 is 21.8 Å². The molecule has 0 radical (unpaired) electrons. The first-order chi connectivity index (χ1) is 9.51. The molecule has 0 N–H and O–H groups in total. The molecule has 3 heterocycles. The van der Waals surface area contributed by atoms with Crippen molar-refractivity contribution in [3.8, 4) is 0 Å². The minimum atomic E-state index is -3.54. The summed E-state index contributed by atoms with van der Waals surface area (Å²) < 4.78 is 38.0. The normalized spacial score (nSPS) is 28.3. The van der Waals surface area contributed by atoms with E-state index in [1.54, 1.807) is 29.9 Å². The fourth-order valence-corrected chi connectivity index (χ4v) is 6.39. The molecule has 0 aliphatic carbocycles. The Bertz CT molecular complexity index is 577. The SMILES string of the molecule is Cc1noc(C)c1S(=O)(=O)N1CCS[C@H]2COCC[C@@H]21. The monoisotopic (exact) mass is 318 g/mol. The Labute approximate surface area is 122 Å². The lowest BCUT2D eigenvalue weighted by Gasteiger charge is -2.42. The number of fused-ring (bicyclic) bond motifs is 1. The number of ether oxygens (including phenoxy) is 1. The third-order valence-electron chi connectivity index (χ3n) is 3.82. The predicted molar refractivity (Wildman–Crippen MR) is 75.3 cm³/mol. The van der Waals surface area contributed by atoms with E-state index in [1.807, 2.05) is 0 Å². The number of rotatable bonds is 2. The quantitative estimate of drug-likeness (QED) is 0.815. The van der Waals surface area contributed by atoms with Crippen molar-refractivity contribution in [2.75, 3.05) is 25.5 Å².